The largest absolute Gasteiger partial charge is 0.406 e. The number of likely N-dealkylation sites (tertiary alicyclic amines) is 1. The smallest absolute Gasteiger partial charge is 0.306 e. The van der Waals surface area contributed by atoms with Crippen molar-refractivity contribution in [2.24, 2.45) is 0 Å². The molecule has 0 aromatic carbocycles. The third-order valence-electron chi connectivity index (χ3n) is 3.72. The fourth-order valence-electron chi connectivity index (χ4n) is 2.41. The normalized spacial score (nSPS) is 31.1. The summed E-state index contributed by atoms with van der Waals surface area (Å²) in [6.07, 6.45) is -0.893. The van der Waals surface area contributed by atoms with Crippen LogP contribution in [0.15, 0.2) is 0 Å². The van der Waals surface area contributed by atoms with Crippen molar-refractivity contribution < 1.29 is 13.2 Å². The fraction of sp³-hybridized carbons (Fsp3) is 1.00. The molecule has 1 N–H and O–H groups in total. The molecule has 1 heterocycles. The Morgan fingerprint density at radius 2 is 1.88 bits per heavy atom. The van der Waals surface area contributed by atoms with Crippen molar-refractivity contribution in [2.45, 2.75) is 49.9 Å². The zero-order chi connectivity index (χ0) is 11.8. The molecule has 16 heavy (non-hydrogen) atoms. The molecule has 0 bridgehead atoms. The molecule has 2 fully saturated rings. The SMILES string of the molecule is CN1CCCC(NC2(C(F)(F)F)CC2)CC1. The van der Waals surface area contributed by atoms with Gasteiger partial charge in [0, 0.05) is 6.04 Å². The number of nitrogens with one attached hydrogen (secondary N) is 1. The van der Waals surface area contributed by atoms with Crippen LogP contribution in [0.1, 0.15) is 32.1 Å². The summed E-state index contributed by atoms with van der Waals surface area (Å²) in [6.45, 7) is 1.89. The quantitative estimate of drug-likeness (QED) is 0.790. The molecule has 1 saturated carbocycles. The van der Waals surface area contributed by atoms with Gasteiger partial charge in [0.1, 0.15) is 5.54 Å². The van der Waals surface area contributed by atoms with E-state index in [1.165, 1.54) is 0 Å². The van der Waals surface area contributed by atoms with Crippen LogP contribution in [0.5, 0.6) is 0 Å². The van der Waals surface area contributed by atoms with E-state index in [4.69, 9.17) is 0 Å². The van der Waals surface area contributed by atoms with Crippen LogP contribution in [0.25, 0.3) is 0 Å². The van der Waals surface area contributed by atoms with Crippen molar-refractivity contribution in [1.29, 1.82) is 0 Å². The fourth-order valence-corrected chi connectivity index (χ4v) is 2.41. The number of rotatable bonds is 2. The molecule has 0 aromatic heterocycles. The van der Waals surface area contributed by atoms with Gasteiger partial charge in [-0.15, -0.1) is 0 Å². The Balaban J connectivity index is 1.90. The van der Waals surface area contributed by atoms with E-state index in [-0.39, 0.29) is 18.9 Å². The van der Waals surface area contributed by atoms with Crippen LogP contribution in [0.4, 0.5) is 13.2 Å². The molecule has 0 amide bonds. The minimum absolute atomic E-state index is 0.0362. The average molecular weight is 236 g/mol. The first-order valence-corrected chi connectivity index (χ1v) is 5.96. The first kappa shape index (κ1) is 12.2. The molecule has 1 atom stereocenters. The van der Waals surface area contributed by atoms with Gasteiger partial charge in [0.15, 0.2) is 0 Å². The maximum Gasteiger partial charge on any atom is 0.406 e. The lowest BCUT2D eigenvalue weighted by molar-refractivity contribution is -0.168. The zero-order valence-electron chi connectivity index (χ0n) is 9.61. The summed E-state index contributed by atoms with van der Waals surface area (Å²) in [7, 11) is 2.03. The molecule has 94 valence electrons. The van der Waals surface area contributed by atoms with Gasteiger partial charge in [-0.05, 0) is 52.2 Å². The summed E-state index contributed by atoms with van der Waals surface area (Å²) in [5.74, 6) is 0. The molecule has 1 aliphatic heterocycles. The molecule has 1 unspecified atom stereocenters. The van der Waals surface area contributed by atoms with Gasteiger partial charge in [0.05, 0.1) is 0 Å². The van der Waals surface area contributed by atoms with Crippen molar-refractivity contribution in [2.75, 3.05) is 20.1 Å². The predicted molar refractivity (Wildman–Crippen MR) is 56.3 cm³/mol. The van der Waals surface area contributed by atoms with Crippen LogP contribution in [0.2, 0.25) is 0 Å². The number of hydrogen-bond acceptors (Lipinski definition) is 2. The van der Waals surface area contributed by atoms with E-state index < -0.39 is 11.7 Å². The van der Waals surface area contributed by atoms with Crippen molar-refractivity contribution in [3.63, 3.8) is 0 Å². The summed E-state index contributed by atoms with van der Waals surface area (Å²) in [5.41, 5.74) is -1.54. The molecule has 2 aliphatic rings. The Morgan fingerprint density at radius 3 is 2.44 bits per heavy atom. The van der Waals surface area contributed by atoms with Crippen LogP contribution in [-0.2, 0) is 0 Å². The van der Waals surface area contributed by atoms with E-state index in [1.54, 1.807) is 0 Å². The highest BCUT2D eigenvalue weighted by Crippen LogP contribution is 2.49. The molecule has 5 heteroatoms. The molecule has 2 rings (SSSR count). The van der Waals surface area contributed by atoms with Crippen LogP contribution in [0.3, 0.4) is 0 Å². The van der Waals surface area contributed by atoms with Crippen molar-refractivity contribution in [3.8, 4) is 0 Å². The Hall–Kier alpha value is -0.290. The summed E-state index contributed by atoms with van der Waals surface area (Å²) >= 11 is 0. The van der Waals surface area contributed by atoms with Gasteiger partial charge in [0.25, 0.3) is 0 Å². The zero-order valence-corrected chi connectivity index (χ0v) is 9.61. The van der Waals surface area contributed by atoms with Crippen LogP contribution in [0, 0.1) is 0 Å². The molecule has 2 nitrogen and oxygen atoms in total. The van der Waals surface area contributed by atoms with Gasteiger partial charge < -0.3 is 10.2 Å². The third-order valence-corrected chi connectivity index (χ3v) is 3.72. The van der Waals surface area contributed by atoms with Gasteiger partial charge in [-0.25, -0.2) is 0 Å². The minimum atomic E-state index is -4.08. The van der Waals surface area contributed by atoms with Crippen molar-refractivity contribution in [1.82, 2.24) is 10.2 Å². The van der Waals surface area contributed by atoms with Crippen LogP contribution in [-0.4, -0.2) is 42.8 Å². The van der Waals surface area contributed by atoms with E-state index in [0.717, 1.165) is 32.4 Å². The molecular formula is C11H19F3N2. The highest BCUT2D eigenvalue weighted by molar-refractivity contribution is 5.09. The second kappa shape index (κ2) is 4.18. The molecule has 1 saturated heterocycles. The summed E-state index contributed by atoms with van der Waals surface area (Å²) < 4.78 is 38.3. The first-order chi connectivity index (χ1) is 7.43. The second-order valence-corrected chi connectivity index (χ2v) is 5.16. The Morgan fingerprint density at radius 1 is 1.19 bits per heavy atom. The van der Waals surface area contributed by atoms with E-state index in [0.29, 0.717) is 0 Å². The van der Waals surface area contributed by atoms with Gasteiger partial charge in [0.2, 0.25) is 0 Å². The lowest BCUT2D eigenvalue weighted by Gasteiger charge is -2.26. The van der Waals surface area contributed by atoms with E-state index in [2.05, 4.69) is 10.2 Å². The monoisotopic (exact) mass is 236 g/mol. The minimum Gasteiger partial charge on any atom is -0.306 e. The maximum absolute atomic E-state index is 12.8. The molecule has 1 aliphatic carbocycles. The molecular weight excluding hydrogens is 217 g/mol. The lowest BCUT2D eigenvalue weighted by Crippen LogP contribution is -2.49. The number of nitrogens with zero attached hydrogens (tertiary/aromatic N) is 1. The number of halogens is 3. The molecule has 0 aromatic rings. The molecule has 0 radical (unpaired) electrons. The van der Waals surface area contributed by atoms with Gasteiger partial charge in [-0.2, -0.15) is 13.2 Å². The lowest BCUT2D eigenvalue weighted by atomic mass is 10.1. The highest BCUT2D eigenvalue weighted by Gasteiger charge is 2.63. The van der Waals surface area contributed by atoms with Crippen molar-refractivity contribution >= 4 is 0 Å². The Labute approximate surface area is 94.2 Å². The predicted octanol–water partition coefficient (Wildman–Crippen LogP) is 2.16. The highest BCUT2D eigenvalue weighted by atomic mass is 19.4. The number of alkyl halides is 3. The van der Waals surface area contributed by atoms with Gasteiger partial charge >= 0.3 is 6.18 Å². The van der Waals surface area contributed by atoms with Gasteiger partial charge in [-0.3, -0.25) is 0 Å². The topological polar surface area (TPSA) is 15.3 Å². The molecule has 0 spiro atoms. The third kappa shape index (κ3) is 2.51. The maximum atomic E-state index is 12.8. The first-order valence-electron chi connectivity index (χ1n) is 5.96. The van der Waals surface area contributed by atoms with E-state index in [9.17, 15) is 13.2 Å². The van der Waals surface area contributed by atoms with Crippen LogP contribution < -0.4 is 5.32 Å². The summed E-state index contributed by atoms with van der Waals surface area (Å²) in [6, 6.07) is 0.0362. The second-order valence-electron chi connectivity index (χ2n) is 5.16. The summed E-state index contributed by atoms with van der Waals surface area (Å²) in [4.78, 5) is 2.19. The van der Waals surface area contributed by atoms with E-state index in [1.807, 2.05) is 7.05 Å². The van der Waals surface area contributed by atoms with Crippen LogP contribution >= 0.6 is 0 Å². The van der Waals surface area contributed by atoms with E-state index >= 15 is 0 Å². The standard InChI is InChI=1S/C11H19F3N2/c1-16-7-2-3-9(4-8-16)15-10(5-6-10)11(12,13)14/h9,15H,2-8H2,1H3. The van der Waals surface area contributed by atoms with Crippen molar-refractivity contribution in [3.05, 3.63) is 0 Å². The Bertz CT molecular complexity index is 248. The Kier molecular flexibility index (Phi) is 3.18. The summed E-state index contributed by atoms with van der Waals surface area (Å²) in [5, 5.41) is 2.86. The van der Waals surface area contributed by atoms with Gasteiger partial charge in [-0.1, -0.05) is 0 Å². The number of hydrogen-bond donors (Lipinski definition) is 1. The average Bonchev–Trinajstić information content (AvgIpc) is 2.94.